The fraction of sp³-hybridized carbons (Fsp3) is 0.333. The molecular formula is C18H25IN4O2. The third kappa shape index (κ3) is 6.77. The third-order valence-corrected chi connectivity index (χ3v) is 3.53. The number of aliphatic imine (C=N–C) groups is 1. The number of hydrogen-bond donors (Lipinski definition) is 2. The smallest absolute Gasteiger partial charge is 0.191 e. The Bertz CT molecular complexity index is 665. The molecule has 0 aliphatic carbocycles. The number of benzene rings is 1. The summed E-state index contributed by atoms with van der Waals surface area (Å²) in [4.78, 5) is 8.53. The molecule has 1 aromatic heterocycles. The van der Waals surface area contributed by atoms with Gasteiger partial charge in [-0.15, -0.1) is 24.0 Å². The fourth-order valence-electron chi connectivity index (χ4n) is 2.25. The highest BCUT2D eigenvalue weighted by Crippen LogP contribution is 2.27. The minimum absolute atomic E-state index is 0. The van der Waals surface area contributed by atoms with Gasteiger partial charge in [0.25, 0.3) is 0 Å². The Labute approximate surface area is 166 Å². The molecule has 2 aromatic rings. The maximum absolute atomic E-state index is 5.32. The van der Waals surface area contributed by atoms with Gasteiger partial charge >= 0.3 is 0 Å². The SMILES string of the molecule is CN=C(NCCc1ccccn1)NCc1ccc(OC)c(OC)c1.I. The van der Waals surface area contributed by atoms with Crippen molar-refractivity contribution in [3.8, 4) is 11.5 Å². The van der Waals surface area contributed by atoms with Gasteiger partial charge in [0.1, 0.15) is 0 Å². The molecule has 0 unspecified atom stereocenters. The van der Waals surface area contributed by atoms with Crippen molar-refractivity contribution in [1.29, 1.82) is 0 Å². The van der Waals surface area contributed by atoms with Gasteiger partial charge in [0.05, 0.1) is 14.2 Å². The number of hydrogen-bond acceptors (Lipinski definition) is 4. The van der Waals surface area contributed by atoms with Crippen molar-refractivity contribution >= 4 is 29.9 Å². The maximum Gasteiger partial charge on any atom is 0.191 e. The Kier molecular flexibility index (Phi) is 9.68. The lowest BCUT2D eigenvalue weighted by molar-refractivity contribution is 0.354. The van der Waals surface area contributed by atoms with Crippen molar-refractivity contribution in [3.63, 3.8) is 0 Å². The fourth-order valence-corrected chi connectivity index (χ4v) is 2.25. The van der Waals surface area contributed by atoms with Crippen molar-refractivity contribution in [2.75, 3.05) is 27.8 Å². The second-order valence-corrected chi connectivity index (χ2v) is 5.11. The molecule has 2 rings (SSSR count). The minimum Gasteiger partial charge on any atom is -0.493 e. The van der Waals surface area contributed by atoms with Gasteiger partial charge in [0, 0.05) is 38.4 Å². The lowest BCUT2D eigenvalue weighted by atomic mass is 10.2. The zero-order valence-electron chi connectivity index (χ0n) is 14.8. The van der Waals surface area contributed by atoms with Crippen molar-refractivity contribution in [3.05, 3.63) is 53.9 Å². The highest BCUT2D eigenvalue weighted by atomic mass is 127. The van der Waals surface area contributed by atoms with Crippen LogP contribution in [0.25, 0.3) is 0 Å². The van der Waals surface area contributed by atoms with Crippen LogP contribution < -0.4 is 20.1 Å². The average molecular weight is 456 g/mol. The Morgan fingerprint density at radius 3 is 2.52 bits per heavy atom. The highest BCUT2D eigenvalue weighted by Gasteiger charge is 2.05. The molecule has 136 valence electrons. The molecule has 0 saturated heterocycles. The zero-order valence-corrected chi connectivity index (χ0v) is 17.1. The number of nitrogens with one attached hydrogen (secondary N) is 2. The van der Waals surface area contributed by atoms with Crippen LogP contribution in [0.3, 0.4) is 0 Å². The number of guanidine groups is 1. The van der Waals surface area contributed by atoms with Gasteiger partial charge in [-0.2, -0.15) is 0 Å². The first-order chi connectivity index (χ1) is 11.8. The molecule has 0 fully saturated rings. The third-order valence-electron chi connectivity index (χ3n) is 3.53. The molecule has 0 radical (unpaired) electrons. The van der Waals surface area contributed by atoms with Crippen LogP contribution in [0.4, 0.5) is 0 Å². The van der Waals surface area contributed by atoms with Gasteiger partial charge in [-0.3, -0.25) is 9.98 Å². The predicted molar refractivity (Wildman–Crippen MR) is 111 cm³/mol. The van der Waals surface area contributed by atoms with Gasteiger partial charge in [0.15, 0.2) is 17.5 Å². The molecule has 0 saturated carbocycles. The first kappa shape index (κ1) is 21.0. The highest BCUT2D eigenvalue weighted by molar-refractivity contribution is 14.0. The summed E-state index contributed by atoms with van der Waals surface area (Å²) in [5.41, 5.74) is 2.14. The molecule has 1 aromatic carbocycles. The molecule has 25 heavy (non-hydrogen) atoms. The van der Waals surface area contributed by atoms with E-state index in [1.54, 1.807) is 27.5 Å². The van der Waals surface area contributed by atoms with Gasteiger partial charge in [-0.1, -0.05) is 12.1 Å². The Morgan fingerprint density at radius 2 is 1.88 bits per heavy atom. The molecule has 7 heteroatoms. The lowest BCUT2D eigenvalue weighted by Gasteiger charge is -2.13. The lowest BCUT2D eigenvalue weighted by Crippen LogP contribution is -2.37. The number of nitrogens with zero attached hydrogens (tertiary/aromatic N) is 2. The molecule has 0 aliphatic heterocycles. The van der Waals surface area contributed by atoms with E-state index in [9.17, 15) is 0 Å². The number of methoxy groups -OCH3 is 2. The van der Waals surface area contributed by atoms with E-state index < -0.39 is 0 Å². The Balaban J connectivity index is 0.00000312. The molecule has 0 spiro atoms. The number of aromatic nitrogens is 1. The van der Waals surface area contributed by atoms with E-state index in [0.29, 0.717) is 6.54 Å². The maximum atomic E-state index is 5.32. The van der Waals surface area contributed by atoms with Crippen LogP contribution in [0.1, 0.15) is 11.3 Å². The number of halogens is 1. The van der Waals surface area contributed by atoms with E-state index in [1.165, 1.54) is 0 Å². The molecule has 0 amide bonds. The van der Waals surface area contributed by atoms with Gasteiger partial charge in [0.2, 0.25) is 0 Å². The molecule has 6 nitrogen and oxygen atoms in total. The quantitative estimate of drug-likeness (QED) is 0.381. The van der Waals surface area contributed by atoms with E-state index in [4.69, 9.17) is 9.47 Å². The zero-order chi connectivity index (χ0) is 17.2. The predicted octanol–water partition coefficient (Wildman–Crippen LogP) is 2.62. The second-order valence-electron chi connectivity index (χ2n) is 5.11. The van der Waals surface area contributed by atoms with E-state index in [-0.39, 0.29) is 24.0 Å². The summed E-state index contributed by atoms with van der Waals surface area (Å²) in [5, 5.41) is 6.57. The number of rotatable bonds is 7. The van der Waals surface area contributed by atoms with E-state index in [0.717, 1.165) is 41.7 Å². The van der Waals surface area contributed by atoms with Crippen LogP contribution in [0, 0.1) is 0 Å². The van der Waals surface area contributed by atoms with E-state index in [1.807, 2.05) is 36.4 Å². The van der Waals surface area contributed by atoms with Gasteiger partial charge in [-0.25, -0.2) is 0 Å². The van der Waals surface area contributed by atoms with Crippen LogP contribution in [0.5, 0.6) is 11.5 Å². The van der Waals surface area contributed by atoms with Crippen molar-refractivity contribution in [1.82, 2.24) is 15.6 Å². The van der Waals surface area contributed by atoms with Crippen molar-refractivity contribution < 1.29 is 9.47 Å². The van der Waals surface area contributed by atoms with E-state index in [2.05, 4.69) is 20.6 Å². The van der Waals surface area contributed by atoms with Gasteiger partial charge in [-0.05, 0) is 29.8 Å². The monoisotopic (exact) mass is 456 g/mol. The molecule has 2 N–H and O–H groups in total. The molecule has 1 heterocycles. The Morgan fingerprint density at radius 1 is 1.08 bits per heavy atom. The minimum atomic E-state index is 0. The van der Waals surface area contributed by atoms with Crippen LogP contribution in [-0.2, 0) is 13.0 Å². The van der Waals surface area contributed by atoms with Crippen LogP contribution in [0.2, 0.25) is 0 Å². The summed E-state index contributed by atoms with van der Waals surface area (Å²) in [6.07, 6.45) is 2.65. The first-order valence-electron chi connectivity index (χ1n) is 7.82. The normalized spacial score (nSPS) is 10.6. The summed E-state index contributed by atoms with van der Waals surface area (Å²) in [6, 6.07) is 11.8. The summed E-state index contributed by atoms with van der Waals surface area (Å²) >= 11 is 0. The summed E-state index contributed by atoms with van der Waals surface area (Å²) in [6.45, 7) is 1.41. The molecule has 0 atom stereocenters. The molecule has 0 bridgehead atoms. The van der Waals surface area contributed by atoms with Crippen LogP contribution in [-0.4, -0.2) is 38.8 Å². The summed E-state index contributed by atoms with van der Waals surface area (Å²) < 4.78 is 10.6. The van der Waals surface area contributed by atoms with E-state index >= 15 is 0 Å². The summed E-state index contributed by atoms with van der Waals surface area (Å²) in [7, 11) is 5.01. The number of ether oxygens (including phenoxy) is 2. The molecular weight excluding hydrogens is 431 g/mol. The topological polar surface area (TPSA) is 67.8 Å². The second kappa shape index (κ2) is 11.5. The largest absolute Gasteiger partial charge is 0.493 e. The Hall–Kier alpha value is -2.03. The van der Waals surface area contributed by atoms with Crippen LogP contribution in [0.15, 0.2) is 47.6 Å². The summed E-state index contributed by atoms with van der Waals surface area (Å²) in [5.74, 6) is 2.19. The van der Waals surface area contributed by atoms with Gasteiger partial charge < -0.3 is 20.1 Å². The van der Waals surface area contributed by atoms with Crippen LogP contribution >= 0.6 is 24.0 Å². The first-order valence-corrected chi connectivity index (χ1v) is 7.82. The van der Waals surface area contributed by atoms with Crippen molar-refractivity contribution in [2.45, 2.75) is 13.0 Å². The standard InChI is InChI=1S/C18H24N4O2.HI/c1-19-18(21-11-9-15-6-4-5-10-20-15)22-13-14-7-8-16(23-2)17(12-14)24-3;/h4-8,10,12H,9,11,13H2,1-3H3,(H2,19,21,22);1H. The average Bonchev–Trinajstić information content (AvgIpc) is 2.65. The number of pyridine rings is 1. The molecule has 0 aliphatic rings. The van der Waals surface area contributed by atoms with Crippen molar-refractivity contribution in [2.24, 2.45) is 4.99 Å².